The summed E-state index contributed by atoms with van der Waals surface area (Å²) in [5, 5.41) is 3.77. The summed E-state index contributed by atoms with van der Waals surface area (Å²) in [4.78, 5) is 2.56. The van der Waals surface area contributed by atoms with Crippen LogP contribution in [0.3, 0.4) is 0 Å². The maximum Gasteiger partial charge on any atom is 0.0642 e. The highest BCUT2D eigenvalue weighted by atomic mass is 16.5. The normalized spacial score (nSPS) is 13.0. The second-order valence-electron chi connectivity index (χ2n) is 15.8. The Balaban J connectivity index is 4.19. The molecule has 0 heterocycles. The van der Waals surface area contributed by atoms with E-state index < -0.39 is 0 Å². The zero-order chi connectivity index (χ0) is 39.8. The Morgan fingerprint density at radius 2 is 0.836 bits per heavy atom. The van der Waals surface area contributed by atoms with Crippen LogP contribution in [0.1, 0.15) is 194 Å². The third-order valence-corrected chi connectivity index (χ3v) is 10.3. The summed E-state index contributed by atoms with van der Waals surface area (Å²) < 4.78 is 12.4. The van der Waals surface area contributed by atoms with E-state index in [-0.39, 0.29) is 6.04 Å². The third kappa shape index (κ3) is 45.3. The summed E-state index contributed by atoms with van der Waals surface area (Å²) in [5.74, 6) is 0. The molecule has 0 fully saturated rings. The topological polar surface area (TPSA) is 85.8 Å². The van der Waals surface area contributed by atoms with Crippen molar-refractivity contribution in [1.29, 1.82) is 0 Å². The summed E-state index contributed by atoms with van der Waals surface area (Å²) in [6, 6.07) is 0.254. The van der Waals surface area contributed by atoms with E-state index in [1.807, 2.05) is 0 Å². The van der Waals surface area contributed by atoms with Crippen LogP contribution >= 0.6 is 0 Å². The number of hydrogen-bond donors (Lipinski definition) is 3. The van der Waals surface area contributed by atoms with E-state index in [1.54, 1.807) is 0 Å². The van der Waals surface area contributed by atoms with Gasteiger partial charge in [0.2, 0.25) is 0 Å². The molecule has 0 spiro atoms. The van der Waals surface area contributed by atoms with Gasteiger partial charge in [-0.2, -0.15) is 0 Å². The lowest BCUT2D eigenvalue weighted by molar-refractivity contribution is 0.0526. The van der Waals surface area contributed by atoms with Gasteiger partial charge in [-0.25, -0.2) is 0 Å². The molecule has 0 unspecified atom stereocenters. The number of nitrogens with two attached hydrogens (primary N) is 2. The Labute approximate surface area is 344 Å². The molecule has 324 valence electrons. The summed E-state index contributed by atoms with van der Waals surface area (Å²) >= 11 is 0. The maximum atomic E-state index is 6.20. The highest BCUT2D eigenvalue weighted by Gasteiger charge is 2.10. The highest BCUT2D eigenvalue weighted by Crippen LogP contribution is 2.10. The molecule has 0 amide bonds. The molecule has 0 aromatic rings. The molecule has 55 heavy (non-hydrogen) atoms. The van der Waals surface area contributed by atoms with Crippen molar-refractivity contribution in [2.24, 2.45) is 11.5 Å². The lowest BCUT2D eigenvalue weighted by Gasteiger charge is -2.23. The van der Waals surface area contributed by atoms with Crippen LogP contribution in [-0.4, -0.2) is 76.6 Å². The SMILES string of the molecule is CCCCCC=CCC=CCCCCCCCCOCC(COCCCCCCCCC=CCC=CCCCCC)NCCCN(CCCN)CCCCN. The van der Waals surface area contributed by atoms with Gasteiger partial charge in [0.25, 0.3) is 0 Å². The average Bonchev–Trinajstić information content (AvgIpc) is 3.19. The molecule has 0 bridgehead atoms. The van der Waals surface area contributed by atoms with E-state index in [4.69, 9.17) is 20.9 Å². The molecule has 0 radical (unpaired) electrons. The van der Waals surface area contributed by atoms with Crippen molar-refractivity contribution in [3.05, 3.63) is 48.6 Å². The molecule has 0 atom stereocenters. The Hall–Kier alpha value is -1.28. The van der Waals surface area contributed by atoms with Gasteiger partial charge in [0.15, 0.2) is 0 Å². The van der Waals surface area contributed by atoms with Crippen LogP contribution in [0.4, 0.5) is 0 Å². The van der Waals surface area contributed by atoms with Crippen molar-refractivity contribution in [3.8, 4) is 0 Å². The van der Waals surface area contributed by atoms with E-state index in [0.717, 1.165) is 111 Å². The van der Waals surface area contributed by atoms with Crippen LogP contribution < -0.4 is 16.8 Å². The van der Waals surface area contributed by atoms with E-state index in [0.29, 0.717) is 0 Å². The lowest BCUT2D eigenvalue weighted by Crippen LogP contribution is -2.39. The van der Waals surface area contributed by atoms with Gasteiger partial charge in [-0.1, -0.05) is 140 Å². The molecule has 6 heteroatoms. The Morgan fingerprint density at radius 1 is 0.436 bits per heavy atom. The Morgan fingerprint density at radius 3 is 1.29 bits per heavy atom. The molecule has 6 nitrogen and oxygen atoms in total. The molecular weight excluding hydrogens is 677 g/mol. The van der Waals surface area contributed by atoms with Crippen molar-refractivity contribution in [3.63, 3.8) is 0 Å². The van der Waals surface area contributed by atoms with Gasteiger partial charge in [0.05, 0.1) is 19.3 Å². The first-order valence-electron chi connectivity index (χ1n) is 23.9. The molecule has 0 aliphatic heterocycles. The van der Waals surface area contributed by atoms with E-state index in [1.165, 1.54) is 135 Å². The van der Waals surface area contributed by atoms with Gasteiger partial charge in [-0.05, 0) is 142 Å². The molecule has 0 aromatic carbocycles. The van der Waals surface area contributed by atoms with Crippen molar-refractivity contribution >= 4 is 0 Å². The van der Waals surface area contributed by atoms with Crippen molar-refractivity contribution in [2.75, 3.05) is 65.7 Å². The first kappa shape index (κ1) is 53.7. The lowest BCUT2D eigenvalue weighted by atomic mass is 10.1. The van der Waals surface area contributed by atoms with Crippen LogP contribution in [0.25, 0.3) is 0 Å². The van der Waals surface area contributed by atoms with Gasteiger partial charge in [-0.15, -0.1) is 0 Å². The maximum absolute atomic E-state index is 6.20. The molecule has 0 aliphatic rings. The number of rotatable bonds is 46. The van der Waals surface area contributed by atoms with Crippen LogP contribution in [-0.2, 0) is 9.47 Å². The summed E-state index contributed by atoms with van der Waals surface area (Å²) in [6.45, 7) is 13.5. The standard InChI is InChI=1S/C49H96N4O2/c1-3-5-7-9-11-13-15-17-19-21-23-25-27-29-31-35-45-54-47-49(52-41-38-44-53(43-37-40-51)42-34-33-39-50)48-55-46-36-32-30-28-26-24-22-20-18-16-14-12-10-8-6-4-2/h11-14,17-20,49,52H,3-10,15-16,21-48,50-51H2,1-2H3. The minimum Gasteiger partial charge on any atom is -0.380 e. The van der Waals surface area contributed by atoms with E-state index in [2.05, 4.69) is 72.7 Å². The quantitative estimate of drug-likeness (QED) is 0.0422. The minimum atomic E-state index is 0.254. The zero-order valence-corrected chi connectivity index (χ0v) is 37.0. The summed E-state index contributed by atoms with van der Waals surface area (Å²) in [7, 11) is 0. The van der Waals surface area contributed by atoms with Gasteiger partial charge < -0.3 is 31.2 Å². The molecule has 0 saturated carbocycles. The molecule has 5 N–H and O–H groups in total. The number of ether oxygens (including phenoxy) is 2. The summed E-state index contributed by atoms with van der Waals surface area (Å²) in [6.07, 6.45) is 53.8. The second kappa shape index (κ2) is 48.9. The smallest absolute Gasteiger partial charge is 0.0642 e. The molecule has 0 aliphatic carbocycles. The second-order valence-corrected chi connectivity index (χ2v) is 15.8. The van der Waals surface area contributed by atoms with Crippen LogP contribution in [0.15, 0.2) is 48.6 Å². The number of hydrogen-bond acceptors (Lipinski definition) is 6. The minimum absolute atomic E-state index is 0.254. The zero-order valence-electron chi connectivity index (χ0n) is 37.0. The average molecular weight is 773 g/mol. The molecule has 0 aromatic heterocycles. The van der Waals surface area contributed by atoms with Crippen molar-refractivity contribution in [2.45, 2.75) is 200 Å². The first-order valence-corrected chi connectivity index (χ1v) is 23.9. The largest absolute Gasteiger partial charge is 0.380 e. The van der Waals surface area contributed by atoms with Crippen molar-refractivity contribution < 1.29 is 9.47 Å². The summed E-state index contributed by atoms with van der Waals surface area (Å²) in [5.41, 5.74) is 11.5. The van der Waals surface area contributed by atoms with Crippen molar-refractivity contribution in [1.82, 2.24) is 10.2 Å². The highest BCUT2D eigenvalue weighted by molar-refractivity contribution is 4.93. The Bertz CT molecular complexity index is 778. The van der Waals surface area contributed by atoms with Gasteiger partial charge in [0.1, 0.15) is 0 Å². The fourth-order valence-corrected chi connectivity index (χ4v) is 6.74. The Kier molecular flexibility index (Phi) is 47.7. The number of allylic oxidation sites excluding steroid dienone is 8. The molecule has 0 saturated heterocycles. The fourth-order valence-electron chi connectivity index (χ4n) is 6.74. The van der Waals surface area contributed by atoms with E-state index >= 15 is 0 Å². The fraction of sp³-hybridized carbons (Fsp3) is 0.837. The van der Waals surface area contributed by atoms with E-state index in [9.17, 15) is 0 Å². The van der Waals surface area contributed by atoms with Gasteiger partial charge in [-0.3, -0.25) is 0 Å². The van der Waals surface area contributed by atoms with Gasteiger partial charge >= 0.3 is 0 Å². The predicted molar refractivity (Wildman–Crippen MR) is 245 cm³/mol. The third-order valence-electron chi connectivity index (χ3n) is 10.3. The molecule has 0 rings (SSSR count). The van der Waals surface area contributed by atoms with Crippen LogP contribution in [0.5, 0.6) is 0 Å². The first-order chi connectivity index (χ1) is 27.3. The number of nitrogens with zero attached hydrogens (tertiary/aromatic N) is 1. The number of nitrogens with one attached hydrogen (secondary N) is 1. The predicted octanol–water partition coefficient (Wildman–Crippen LogP) is 12.4. The number of unbranched alkanes of at least 4 members (excludes halogenated alkanes) is 19. The molecular formula is C49H96N4O2. The van der Waals surface area contributed by atoms with Gasteiger partial charge in [0, 0.05) is 13.2 Å². The van der Waals surface area contributed by atoms with Crippen LogP contribution in [0, 0.1) is 0 Å². The monoisotopic (exact) mass is 773 g/mol. The van der Waals surface area contributed by atoms with Crippen LogP contribution in [0.2, 0.25) is 0 Å².